The van der Waals surface area contributed by atoms with Crippen LogP contribution in [0.3, 0.4) is 0 Å². The minimum absolute atomic E-state index is 0.00938. The van der Waals surface area contributed by atoms with Crippen LogP contribution in [0.5, 0.6) is 0 Å². The summed E-state index contributed by atoms with van der Waals surface area (Å²) in [4.78, 5) is 12.7. The van der Waals surface area contributed by atoms with Crippen LogP contribution >= 0.6 is 0 Å². The Balaban J connectivity index is 1.66. The Morgan fingerprint density at radius 3 is 2.33 bits per heavy atom. The van der Waals surface area contributed by atoms with E-state index in [0.29, 0.717) is 6.73 Å². The van der Waals surface area contributed by atoms with Crippen LogP contribution in [0.2, 0.25) is 0 Å². The van der Waals surface area contributed by atoms with E-state index >= 15 is 0 Å². The minimum atomic E-state index is -0.365. The van der Waals surface area contributed by atoms with E-state index < -0.39 is 0 Å². The third-order valence-corrected chi connectivity index (χ3v) is 5.33. The lowest BCUT2D eigenvalue weighted by Gasteiger charge is -2.42. The Morgan fingerprint density at radius 1 is 1.10 bits per heavy atom. The first kappa shape index (κ1) is 14.6. The first-order chi connectivity index (χ1) is 10.1. The van der Waals surface area contributed by atoms with E-state index in [-0.39, 0.29) is 11.4 Å². The molecule has 1 aromatic rings. The van der Waals surface area contributed by atoms with Crippen LogP contribution in [0.25, 0.3) is 0 Å². The molecule has 1 saturated heterocycles. The van der Waals surface area contributed by atoms with Crippen molar-refractivity contribution in [3.05, 3.63) is 35.9 Å². The standard InChI is InChI=1S/C18H26NO2/c1-19(13-6-3-7-14-19)15-21-17(20)18(11-8-12-18)16-9-4-2-5-10-16/h2,4-5,9-10H,3,6-8,11-15H2,1H3/q+1. The number of ether oxygens (including phenoxy) is 1. The molecule has 0 aromatic heterocycles. The van der Waals surface area contributed by atoms with E-state index in [9.17, 15) is 4.79 Å². The highest BCUT2D eigenvalue weighted by molar-refractivity contribution is 5.84. The summed E-state index contributed by atoms with van der Waals surface area (Å²) in [5.41, 5.74) is 0.762. The SMILES string of the molecule is C[N+]1(COC(=O)C2(c3ccccc3)CCC2)CCCCC1. The number of hydrogen-bond donors (Lipinski definition) is 0. The highest BCUT2D eigenvalue weighted by Gasteiger charge is 2.47. The summed E-state index contributed by atoms with van der Waals surface area (Å²) in [7, 11) is 2.21. The van der Waals surface area contributed by atoms with Crippen molar-refractivity contribution < 1.29 is 14.0 Å². The number of esters is 1. The lowest BCUT2D eigenvalue weighted by Crippen LogP contribution is -2.52. The predicted molar refractivity (Wildman–Crippen MR) is 82.7 cm³/mol. The van der Waals surface area contributed by atoms with Gasteiger partial charge >= 0.3 is 5.97 Å². The summed E-state index contributed by atoms with van der Waals surface area (Å²) < 4.78 is 6.67. The molecule has 3 rings (SSSR count). The van der Waals surface area contributed by atoms with Crippen LogP contribution in [-0.2, 0) is 14.9 Å². The Bertz CT molecular complexity index is 487. The number of carbonyl (C=O) groups is 1. The summed E-state index contributed by atoms with van der Waals surface area (Å²) in [5, 5.41) is 0. The van der Waals surface area contributed by atoms with E-state index in [4.69, 9.17) is 4.74 Å². The molecule has 1 aromatic carbocycles. The van der Waals surface area contributed by atoms with Crippen LogP contribution in [0.15, 0.2) is 30.3 Å². The van der Waals surface area contributed by atoms with Gasteiger partial charge in [-0.3, -0.25) is 9.28 Å². The van der Waals surface area contributed by atoms with Gasteiger partial charge in [-0.05, 0) is 37.7 Å². The molecule has 21 heavy (non-hydrogen) atoms. The first-order valence-corrected chi connectivity index (χ1v) is 8.21. The van der Waals surface area contributed by atoms with Crippen molar-refractivity contribution in [1.82, 2.24) is 0 Å². The fraction of sp³-hybridized carbons (Fsp3) is 0.611. The van der Waals surface area contributed by atoms with E-state index in [0.717, 1.165) is 42.4 Å². The summed E-state index contributed by atoms with van der Waals surface area (Å²) in [6, 6.07) is 10.2. The molecular formula is C18H26NO2+. The quantitative estimate of drug-likeness (QED) is 0.628. The predicted octanol–water partition coefficient (Wildman–Crippen LogP) is 3.24. The van der Waals surface area contributed by atoms with Crippen molar-refractivity contribution in [3.63, 3.8) is 0 Å². The van der Waals surface area contributed by atoms with Gasteiger partial charge in [-0.25, -0.2) is 0 Å². The highest BCUT2D eigenvalue weighted by atomic mass is 16.5. The number of piperidine rings is 1. The van der Waals surface area contributed by atoms with Gasteiger partial charge < -0.3 is 4.74 Å². The van der Waals surface area contributed by atoms with Gasteiger partial charge in [0.25, 0.3) is 0 Å². The molecule has 0 amide bonds. The number of hydrogen-bond acceptors (Lipinski definition) is 2. The Morgan fingerprint density at radius 2 is 1.76 bits per heavy atom. The van der Waals surface area contributed by atoms with Crippen LogP contribution < -0.4 is 0 Å². The van der Waals surface area contributed by atoms with Crippen molar-refractivity contribution in [2.24, 2.45) is 0 Å². The summed E-state index contributed by atoms with van der Waals surface area (Å²) >= 11 is 0. The maximum absolute atomic E-state index is 12.7. The second kappa shape index (κ2) is 5.80. The fourth-order valence-electron chi connectivity index (χ4n) is 3.66. The molecule has 0 bridgehead atoms. The van der Waals surface area contributed by atoms with E-state index in [1.807, 2.05) is 18.2 Å². The molecule has 1 aliphatic heterocycles. The lowest BCUT2D eigenvalue weighted by atomic mass is 9.64. The first-order valence-electron chi connectivity index (χ1n) is 8.21. The number of carbonyl (C=O) groups excluding carboxylic acids is 1. The normalized spacial score (nSPS) is 23.1. The molecule has 0 atom stereocenters. The largest absolute Gasteiger partial charge is 0.414 e. The molecule has 2 aliphatic rings. The Kier molecular flexibility index (Phi) is 4.03. The van der Waals surface area contributed by atoms with Gasteiger partial charge in [0.15, 0.2) is 0 Å². The molecule has 114 valence electrons. The average molecular weight is 288 g/mol. The summed E-state index contributed by atoms with van der Waals surface area (Å²) in [6.07, 6.45) is 6.79. The molecule has 0 unspecified atom stereocenters. The molecule has 0 spiro atoms. The zero-order valence-corrected chi connectivity index (χ0v) is 13.0. The fourth-order valence-corrected chi connectivity index (χ4v) is 3.66. The number of rotatable bonds is 4. The van der Waals surface area contributed by atoms with Crippen molar-refractivity contribution >= 4 is 5.97 Å². The topological polar surface area (TPSA) is 26.3 Å². The van der Waals surface area contributed by atoms with Gasteiger partial charge in [-0.1, -0.05) is 36.8 Å². The molecule has 3 heteroatoms. The summed E-state index contributed by atoms with van der Waals surface area (Å²) in [6.45, 7) is 2.80. The Hall–Kier alpha value is -1.35. The van der Waals surface area contributed by atoms with Gasteiger partial charge in [0.2, 0.25) is 6.73 Å². The molecule has 1 aliphatic carbocycles. The van der Waals surface area contributed by atoms with Crippen molar-refractivity contribution in [2.75, 3.05) is 26.9 Å². The van der Waals surface area contributed by atoms with Crippen molar-refractivity contribution in [1.29, 1.82) is 0 Å². The zero-order valence-electron chi connectivity index (χ0n) is 13.0. The number of benzene rings is 1. The minimum Gasteiger partial charge on any atom is -0.414 e. The monoisotopic (exact) mass is 288 g/mol. The molecule has 2 fully saturated rings. The van der Waals surface area contributed by atoms with E-state index in [2.05, 4.69) is 19.2 Å². The number of nitrogens with zero attached hydrogens (tertiary/aromatic N) is 1. The van der Waals surface area contributed by atoms with Crippen LogP contribution in [-0.4, -0.2) is 37.3 Å². The maximum Gasteiger partial charge on any atom is 0.320 e. The molecule has 1 heterocycles. The average Bonchev–Trinajstić information content (AvgIpc) is 2.46. The van der Waals surface area contributed by atoms with E-state index in [1.54, 1.807) is 0 Å². The van der Waals surface area contributed by atoms with Gasteiger partial charge in [-0.2, -0.15) is 0 Å². The number of likely N-dealkylation sites (tertiary alicyclic amines) is 1. The molecule has 0 radical (unpaired) electrons. The van der Waals surface area contributed by atoms with Gasteiger partial charge in [-0.15, -0.1) is 0 Å². The zero-order chi connectivity index (χ0) is 14.8. The van der Waals surface area contributed by atoms with Crippen LogP contribution in [0, 0.1) is 0 Å². The lowest BCUT2D eigenvalue weighted by molar-refractivity contribution is -0.930. The third-order valence-electron chi connectivity index (χ3n) is 5.33. The van der Waals surface area contributed by atoms with Crippen LogP contribution in [0.1, 0.15) is 44.1 Å². The van der Waals surface area contributed by atoms with Gasteiger partial charge in [0, 0.05) is 0 Å². The van der Waals surface area contributed by atoms with Crippen LogP contribution in [0.4, 0.5) is 0 Å². The van der Waals surface area contributed by atoms with Crippen molar-refractivity contribution in [3.8, 4) is 0 Å². The second-order valence-corrected chi connectivity index (χ2v) is 6.99. The highest BCUT2D eigenvalue weighted by Crippen LogP contribution is 2.44. The maximum atomic E-state index is 12.7. The molecule has 3 nitrogen and oxygen atoms in total. The third kappa shape index (κ3) is 2.84. The van der Waals surface area contributed by atoms with Gasteiger partial charge in [0.1, 0.15) is 0 Å². The second-order valence-electron chi connectivity index (χ2n) is 6.99. The van der Waals surface area contributed by atoms with Gasteiger partial charge in [0.05, 0.1) is 25.6 Å². The molecule has 0 N–H and O–H groups in total. The summed E-state index contributed by atoms with van der Waals surface area (Å²) in [5.74, 6) is -0.00938. The Labute approximate surface area is 127 Å². The smallest absolute Gasteiger partial charge is 0.320 e. The molecular weight excluding hydrogens is 262 g/mol. The number of quaternary nitrogens is 1. The molecule has 1 saturated carbocycles. The van der Waals surface area contributed by atoms with E-state index in [1.165, 1.54) is 19.3 Å². The van der Waals surface area contributed by atoms with Crippen molar-refractivity contribution in [2.45, 2.75) is 43.9 Å².